The van der Waals surface area contributed by atoms with Crippen molar-refractivity contribution >= 4 is 23.5 Å². The highest BCUT2D eigenvalue weighted by molar-refractivity contribution is 7.98. The normalized spacial score (nSPS) is 10.5. The Morgan fingerprint density at radius 1 is 1.03 bits per heavy atom. The molecular weight excluding hydrogens is 398 g/mol. The number of nitrogens with zero attached hydrogens (tertiary/aromatic N) is 5. The third-order valence-electron chi connectivity index (χ3n) is 4.15. The van der Waals surface area contributed by atoms with Crippen molar-refractivity contribution in [2.45, 2.75) is 17.3 Å². The second-order valence-corrected chi connectivity index (χ2v) is 7.29. The average molecular weight is 417 g/mol. The number of rotatable bonds is 7. The zero-order valence-corrected chi connectivity index (χ0v) is 16.8. The zero-order chi connectivity index (χ0) is 20.6. The molecule has 8 nitrogen and oxygen atoms in total. The standard InChI is InChI=1S/C21H19N7OS/c29-21(25-12-17-6-4-10-24-20(17)28-15-22-14-26-28)27-18-7-3-5-16(11-18)13-30-19-8-1-2-9-23-19/h1-11,14-15H,12-13H2,(H2,25,27,29). The quantitative estimate of drug-likeness (QED) is 0.445. The van der Waals surface area contributed by atoms with Gasteiger partial charge < -0.3 is 10.6 Å². The van der Waals surface area contributed by atoms with Crippen molar-refractivity contribution < 1.29 is 4.79 Å². The van der Waals surface area contributed by atoms with Crippen LogP contribution in [0.3, 0.4) is 0 Å². The number of amides is 2. The number of benzene rings is 1. The number of pyridine rings is 2. The van der Waals surface area contributed by atoms with Gasteiger partial charge in [0.1, 0.15) is 12.7 Å². The Hall–Kier alpha value is -3.72. The molecule has 0 aliphatic rings. The lowest BCUT2D eigenvalue weighted by Crippen LogP contribution is -2.28. The Balaban J connectivity index is 1.34. The number of hydrogen-bond donors (Lipinski definition) is 2. The van der Waals surface area contributed by atoms with Gasteiger partial charge in [0.15, 0.2) is 5.82 Å². The van der Waals surface area contributed by atoms with Crippen molar-refractivity contribution in [2.75, 3.05) is 5.32 Å². The Morgan fingerprint density at radius 3 is 2.80 bits per heavy atom. The van der Waals surface area contributed by atoms with Crippen LogP contribution < -0.4 is 10.6 Å². The molecule has 0 atom stereocenters. The summed E-state index contributed by atoms with van der Waals surface area (Å²) >= 11 is 1.65. The summed E-state index contributed by atoms with van der Waals surface area (Å²) in [6.45, 7) is 0.310. The summed E-state index contributed by atoms with van der Waals surface area (Å²) in [6.07, 6.45) is 6.47. The number of nitrogens with one attached hydrogen (secondary N) is 2. The van der Waals surface area contributed by atoms with Crippen LogP contribution in [0.4, 0.5) is 10.5 Å². The molecule has 2 amide bonds. The van der Waals surface area contributed by atoms with Crippen LogP contribution in [0.15, 0.2) is 84.7 Å². The summed E-state index contributed by atoms with van der Waals surface area (Å²) in [5.41, 5.74) is 2.66. The second kappa shape index (κ2) is 9.66. The van der Waals surface area contributed by atoms with E-state index in [1.807, 2.05) is 54.6 Å². The fourth-order valence-corrected chi connectivity index (χ4v) is 3.58. The maximum Gasteiger partial charge on any atom is 0.319 e. The Kier molecular flexibility index (Phi) is 6.31. The van der Waals surface area contributed by atoms with Crippen LogP contribution in [0.5, 0.6) is 0 Å². The molecule has 2 N–H and O–H groups in total. The third-order valence-corrected chi connectivity index (χ3v) is 5.17. The first-order valence-corrected chi connectivity index (χ1v) is 10.2. The largest absolute Gasteiger partial charge is 0.334 e. The number of anilines is 1. The van der Waals surface area contributed by atoms with Crippen molar-refractivity contribution in [3.05, 3.63) is 90.8 Å². The number of aromatic nitrogens is 5. The van der Waals surface area contributed by atoms with E-state index in [1.54, 1.807) is 35.2 Å². The topological polar surface area (TPSA) is 97.6 Å². The van der Waals surface area contributed by atoms with Gasteiger partial charge in [-0.05, 0) is 35.9 Å². The van der Waals surface area contributed by atoms with Gasteiger partial charge in [0.05, 0.1) is 5.03 Å². The molecule has 4 rings (SSSR count). The molecule has 3 aromatic heterocycles. The van der Waals surface area contributed by atoms with Gasteiger partial charge in [-0.15, -0.1) is 11.8 Å². The minimum absolute atomic E-state index is 0.294. The van der Waals surface area contributed by atoms with E-state index in [1.165, 1.54) is 6.33 Å². The maximum atomic E-state index is 12.4. The molecule has 3 heterocycles. The number of carbonyl (C=O) groups is 1. The highest BCUT2D eigenvalue weighted by Gasteiger charge is 2.09. The van der Waals surface area contributed by atoms with Crippen LogP contribution in [0, 0.1) is 0 Å². The minimum atomic E-state index is -0.294. The van der Waals surface area contributed by atoms with Gasteiger partial charge in [-0.25, -0.2) is 24.4 Å². The summed E-state index contributed by atoms with van der Waals surface area (Å²) in [4.78, 5) is 25.0. The monoisotopic (exact) mass is 417 g/mol. The van der Waals surface area contributed by atoms with Crippen molar-refractivity contribution in [1.29, 1.82) is 0 Å². The zero-order valence-electron chi connectivity index (χ0n) is 16.0. The van der Waals surface area contributed by atoms with Crippen molar-refractivity contribution in [2.24, 2.45) is 0 Å². The SMILES string of the molecule is O=C(NCc1cccnc1-n1cncn1)Nc1cccc(CSc2ccccn2)c1. The Bertz CT molecular complexity index is 1100. The van der Waals surface area contributed by atoms with Gasteiger partial charge in [0, 0.05) is 35.9 Å². The van der Waals surface area contributed by atoms with Gasteiger partial charge in [-0.1, -0.05) is 24.3 Å². The van der Waals surface area contributed by atoms with Crippen molar-refractivity contribution in [3.63, 3.8) is 0 Å². The fourth-order valence-electron chi connectivity index (χ4n) is 2.77. The van der Waals surface area contributed by atoms with Gasteiger partial charge >= 0.3 is 6.03 Å². The summed E-state index contributed by atoms with van der Waals surface area (Å²) in [7, 11) is 0. The van der Waals surface area contributed by atoms with Gasteiger partial charge in [-0.2, -0.15) is 5.10 Å². The van der Waals surface area contributed by atoms with E-state index in [0.717, 1.165) is 27.6 Å². The van der Waals surface area contributed by atoms with E-state index in [2.05, 4.69) is 30.7 Å². The summed E-state index contributed by atoms with van der Waals surface area (Å²) in [5, 5.41) is 10.8. The van der Waals surface area contributed by atoms with E-state index in [-0.39, 0.29) is 6.03 Å². The molecule has 0 radical (unpaired) electrons. The number of hydrogen-bond acceptors (Lipinski definition) is 6. The molecule has 0 saturated heterocycles. The first-order valence-electron chi connectivity index (χ1n) is 9.24. The number of urea groups is 1. The molecular formula is C21H19N7OS. The summed E-state index contributed by atoms with van der Waals surface area (Å²) < 4.78 is 1.57. The van der Waals surface area contributed by atoms with E-state index in [4.69, 9.17) is 0 Å². The van der Waals surface area contributed by atoms with Gasteiger partial charge in [-0.3, -0.25) is 0 Å². The molecule has 0 unspecified atom stereocenters. The van der Waals surface area contributed by atoms with Crippen molar-refractivity contribution in [1.82, 2.24) is 30.0 Å². The smallest absolute Gasteiger partial charge is 0.319 e. The molecule has 0 aliphatic heterocycles. The molecule has 0 spiro atoms. The van der Waals surface area contributed by atoms with E-state index in [0.29, 0.717) is 12.4 Å². The predicted molar refractivity (Wildman–Crippen MR) is 115 cm³/mol. The molecule has 30 heavy (non-hydrogen) atoms. The number of carbonyl (C=O) groups excluding carboxylic acids is 1. The molecule has 0 fully saturated rings. The highest BCUT2D eigenvalue weighted by atomic mass is 32.2. The van der Waals surface area contributed by atoms with Gasteiger partial charge in [0.25, 0.3) is 0 Å². The molecule has 9 heteroatoms. The first kappa shape index (κ1) is 19.6. The van der Waals surface area contributed by atoms with Crippen LogP contribution in [0.2, 0.25) is 0 Å². The molecule has 0 aliphatic carbocycles. The summed E-state index contributed by atoms with van der Waals surface area (Å²) in [5.74, 6) is 1.40. The van der Waals surface area contributed by atoms with Crippen LogP contribution in [0.1, 0.15) is 11.1 Å². The average Bonchev–Trinajstić information content (AvgIpc) is 3.32. The molecule has 0 bridgehead atoms. The Labute approximate surface area is 177 Å². The van der Waals surface area contributed by atoms with Crippen LogP contribution in [-0.2, 0) is 12.3 Å². The maximum absolute atomic E-state index is 12.4. The lowest BCUT2D eigenvalue weighted by molar-refractivity contribution is 0.251. The third kappa shape index (κ3) is 5.21. The molecule has 150 valence electrons. The minimum Gasteiger partial charge on any atom is -0.334 e. The Morgan fingerprint density at radius 2 is 1.97 bits per heavy atom. The molecule has 4 aromatic rings. The van der Waals surface area contributed by atoms with Crippen LogP contribution in [0.25, 0.3) is 5.82 Å². The molecule has 0 saturated carbocycles. The van der Waals surface area contributed by atoms with E-state index < -0.39 is 0 Å². The predicted octanol–water partition coefficient (Wildman–Crippen LogP) is 3.67. The van der Waals surface area contributed by atoms with Crippen molar-refractivity contribution in [3.8, 4) is 5.82 Å². The first-order chi connectivity index (χ1) is 14.8. The second-order valence-electron chi connectivity index (χ2n) is 6.29. The van der Waals surface area contributed by atoms with Crippen LogP contribution in [-0.4, -0.2) is 30.8 Å². The van der Waals surface area contributed by atoms with Gasteiger partial charge in [0.2, 0.25) is 0 Å². The summed E-state index contributed by atoms with van der Waals surface area (Å²) in [6, 6.07) is 17.0. The highest BCUT2D eigenvalue weighted by Crippen LogP contribution is 2.22. The fraction of sp³-hybridized carbons (Fsp3) is 0.0952. The van der Waals surface area contributed by atoms with E-state index >= 15 is 0 Å². The number of thioether (sulfide) groups is 1. The lowest BCUT2D eigenvalue weighted by Gasteiger charge is -2.11. The molecule has 1 aromatic carbocycles. The van der Waals surface area contributed by atoms with E-state index in [9.17, 15) is 4.79 Å². The lowest BCUT2D eigenvalue weighted by atomic mass is 10.2. The van der Waals surface area contributed by atoms with Crippen LogP contribution >= 0.6 is 11.8 Å².